The molecule has 0 saturated carbocycles. The molecule has 0 saturated heterocycles. The fourth-order valence-electron chi connectivity index (χ4n) is 3.25. The summed E-state index contributed by atoms with van der Waals surface area (Å²) in [5, 5.41) is 3.26. The van der Waals surface area contributed by atoms with Gasteiger partial charge in [0.1, 0.15) is 17.2 Å². The second-order valence-corrected chi connectivity index (χ2v) is 9.93. The highest BCUT2D eigenvalue weighted by molar-refractivity contribution is 7.92. The Kier molecular flexibility index (Phi) is 7.77. The molecule has 9 heteroatoms. The minimum Gasteiger partial charge on any atom is -0.483 e. The van der Waals surface area contributed by atoms with Crippen molar-refractivity contribution in [3.63, 3.8) is 0 Å². The van der Waals surface area contributed by atoms with Crippen LogP contribution in [0.25, 0.3) is 0 Å². The molecule has 0 atom stereocenters. The van der Waals surface area contributed by atoms with Gasteiger partial charge < -0.3 is 14.8 Å². The summed E-state index contributed by atoms with van der Waals surface area (Å²) in [5.74, 6) is 1.42. The molecule has 4 aromatic carbocycles. The van der Waals surface area contributed by atoms with Gasteiger partial charge in [0.15, 0.2) is 6.61 Å². The van der Waals surface area contributed by atoms with Crippen LogP contribution in [0.15, 0.2) is 102 Å². The molecule has 0 aliphatic carbocycles. The molecule has 36 heavy (non-hydrogen) atoms. The van der Waals surface area contributed by atoms with Gasteiger partial charge in [-0.15, -0.1) is 0 Å². The Morgan fingerprint density at radius 1 is 0.833 bits per heavy atom. The van der Waals surface area contributed by atoms with Gasteiger partial charge in [0.05, 0.1) is 4.90 Å². The Balaban J connectivity index is 1.31. The van der Waals surface area contributed by atoms with E-state index >= 15 is 0 Å². The van der Waals surface area contributed by atoms with Crippen molar-refractivity contribution in [1.82, 2.24) is 0 Å². The Labute approximate surface area is 214 Å². The first-order valence-electron chi connectivity index (χ1n) is 10.9. The van der Waals surface area contributed by atoms with Gasteiger partial charge in [-0.25, -0.2) is 8.42 Å². The van der Waals surface area contributed by atoms with Crippen molar-refractivity contribution in [1.29, 1.82) is 0 Å². The Hall–Kier alpha value is -4.01. The van der Waals surface area contributed by atoms with Crippen molar-refractivity contribution < 1.29 is 22.7 Å². The van der Waals surface area contributed by atoms with Crippen molar-refractivity contribution in [2.75, 3.05) is 16.6 Å². The molecule has 7 nitrogen and oxygen atoms in total. The standard InChI is InChI=1S/C27H23ClN2O5S/c1-19-17-25(36(32,33)30-22-9-7-20(28)8-10-22)15-16-26(19)34-18-27(31)29-21-11-13-24(14-12-21)35-23-5-3-2-4-6-23/h2-17,30H,18H2,1H3,(H,29,31). The van der Waals surface area contributed by atoms with E-state index < -0.39 is 10.0 Å². The van der Waals surface area contributed by atoms with Gasteiger partial charge in [0.25, 0.3) is 15.9 Å². The lowest BCUT2D eigenvalue weighted by Gasteiger charge is -2.13. The summed E-state index contributed by atoms with van der Waals surface area (Å²) in [7, 11) is -3.80. The summed E-state index contributed by atoms with van der Waals surface area (Å²) >= 11 is 5.84. The van der Waals surface area contributed by atoms with Crippen LogP contribution in [0.1, 0.15) is 5.56 Å². The number of anilines is 2. The van der Waals surface area contributed by atoms with Crippen molar-refractivity contribution in [3.05, 3.63) is 108 Å². The van der Waals surface area contributed by atoms with Crippen LogP contribution < -0.4 is 19.5 Å². The normalized spacial score (nSPS) is 10.9. The van der Waals surface area contributed by atoms with Crippen LogP contribution >= 0.6 is 11.6 Å². The number of hydrogen-bond acceptors (Lipinski definition) is 5. The molecule has 1 amide bonds. The maximum absolute atomic E-state index is 12.7. The first-order chi connectivity index (χ1) is 17.3. The maximum atomic E-state index is 12.7. The van der Waals surface area contributed by atoms with E-state index in [0.717, 1.165) is 5.75 Å². The van der Waals surface area contributed by atoms with Gasteiger partial charge in [0.2, 0.25) is 0 Å². The van der Waals surface area contributed by atoms with Gasteiger partial charge in [-0.3, -0.25) is 9.52 Å². The molecular weight excluding hydrogens is 500 g/mol. The average molecular weight is 523 g/mol. The molecule has 0 heterocycles. The number of amides is 1. The molecule has 4 rings (SSSR count). The first-order valence-corrected chi connectivity index (χ1v) is 12.8. The number of sulfonamides is 1. The van der Waals surface area contributed by atoms with Crippen molar-refractivity contribution in [3.8, 4) is 17.2 Å². The van der Waals surface area contributed by atoms with Crippen LogP contribution in [0.5, 0.6) is 17.2 Å². The number of benzene rings is 4. The molecule has 4 aromatic rings. The lowest BCUT2D eigenvalue weighted by atomic mass is 10.2. The number of hydrogen-bond donors (Lipinski definition) is 2. The van der Waals surface area contributed by atoms with E-state index in [1.165, 1.54) is 18.2 Å². The third-order valence-electron chi connectivity index (χ3n) is 5.03. The SMILES string of the molecule is Cc1cc(S(=O)(=O)Nc2ccc(Cl)cc2)ccc1OCC(=O)Nc1ccc(Oc2ccccc2)cc1. The lowest BCUT2D eigenvalue weighted by molar-refractivity contribution is -0.118. The number of rotatable bonds is 9. The number of carbonyl (C=O) groups excluding carboxylic acids is 1. The summed E-state index contributed by atoms with van der Waals surface area (Å²) in [6, 6.07) is 27.1. The number of para-hydroxylation sites is 1. The summed E-state index contributed by atoms with van der Waals surface area (Å²) in [6.07, 6.45) is 0. The molecule has 0 fully saturated rings. The molecule has 2 N–H and O–H groups in total. The van der Waals surface area contributed by atoms with Crippen molar-refractivity contribution >= 4 is 38.9 Å². The second kappa shape index (κ2) is 11.2. The number of halogens is 1. The summed E-state index contributed by atoms with van der Waals surface area (Å²) in [5.41, 5.74) is 1.56. The third kappa shape index (κ3) is 6.78. The quantitative estimate of drug-likeness (QED) is 0.270. The van der Waals surface area contributed by atoms with Crippen LogP contribution in [0.2, 0.25) is 5.02 Å². The lowest BCUT2D eigenvalue weighted by Crippen LogP contribution is -2.20. The van der Waals surface area contributed by atoms with Crippen LogP contribution in [0.3, 0.4) is 0 Å². The minimum absolute atomic E-state index is 0.0737. The predicted octanol–water partition coefficient (Wildman–Crippen LogP) is 6.26. The van der Waals surface area contributed by atoms with Crippen LogP contribution in [-0.4, -0.2) is 20.9 Å². The fourth-order valence-corrected chi connectivity index (χ4v) is 4.52. The van der Waals surface area contributed by atoms with Gasteiger partial charge in [-0.1, -0.05) is 29.8 Å². The van der Waals surface area contributed by atoms with Crippen LogP contribution in [-0.2, 0) is 14.8 Å². The van der Waals surface area contributed by atoms with E-state index in [-0.39, 0.29) is 17.4 Å². The first kappa shape index (κ1) is 25.1. The largest absolute Gasteiger partial charge is 0.483 e. The summed E-state index contributed by atoms with van der Waals surface area (Å²) < 4.78 is 39.2. The van der Waals surface area contributed by atoms with Gasteiger partial charge in [-0.2, -0.15) is 0 Å². The highest BCUT2D eigenvalue weighted by Crippen LogP contribution is 2.25. The predicted molar refractivity (Wildman–Crippen MR) is 141 cm³/mol. The maximum Gasteiger partial charge on any atom is 0.262 e. The topological polar surface area (TPSA) is 93.7 Å². The zero-order chi connectivity index (χ0) is 25.5. The van der Waals surface area contributed by atoms with Crippen molar-refractivity contribution in [2.24, 2.45) is 0 Å². The van der Waals surface area contributed by atoms with E-state index in [4.69, 9.17) is 21.1 Å². The van der Waals surface area contributed by atoms with E-state index in [9.17, 15) is 13.2 Å². The Morgan fingerprint density at radius 3 is 2.14 bits per heavy atom. The molecule has 0 unspecified atom stereocenters. The Morgan fingerprint density at radius 2 is 1.47 bits per heavy atom. The molecule has 0 bridgehead atoms. The number of nitrogens with one attached hydrogen (secondary N) is 2. The van der Waals surface area contributed by atoms with E-state index in [0.29, 0.717) is 33.5 Å². The molecule has 0 aliphatic heterocycles. The third-order valence-corrected chi connectivity index (χ3v) is 6.66. The van der Waals surface area contributed by atoms with Gasteiger partial charge >= 0.3 is 0 Å². The molecule has 184 valence electrons. The van der Waals surface area contributed by atoms with Gasteiger partial charge in [-0.05, 0) is 91.3 Å². The summed E-state index contributed by atoms with van der Waals surface area (Å²) in [4.78, 5) is 12.4. The monoisotopic (exact) mass is 522 g/mol. The number of aryl methyl sites for hydroxylation is 1. The van der Waals surface area contributed by atoms with Crippen molar-refractivity contribution in [2.45, 2.75) is 11.8 Å². The van der Waals surface area contributed by atoms with Crippen LogP contribution in [0, 0.1) is 6.92 Å². The zero-order valence-corrected chi connectivity index (χ0v) is 20.8. The van der Waals surface area contributed by atoms with E-state index in [1.807, 2.05) is 30.3 Å². The molecule has 0 aromatic heterocycles. The number of ether oxygens (including phenoxy) is 2. The van der Waals surface area contributed by atoms with E-state index in [1.54, 1.807) is 55.5 Å². The molecular formula is C27H23ClN2O5S. The zero-order valence-electron chi connectivity index (χ0n) is 19.3. The van der Waals surface area contributed by atoms with E-state index in [2.05, 4.69) is 10.0 Å². The van der Waals surface area contributed by atoms with Gasteiger partial charge in [0, 0.05) is 16.4 Å². The van der Waals surface area contributed by atoms with Crippen LogP contribution in [0.4, 0.5) is 11.4 Å². The molecule has 0 aliphatic rings. The highest BCUT2D eigenvalue weighted by Gasteiger charge is 2.16. The average Bonchev–Trinajstić information content (AvgIpc) is 2.86. The minimum atomic E-state index is -3.80. The molecule has 0 spiro atoms. The second-order valence-electron chi connectivity index (χ2n) is 7.82. The fraction of sp³-hybridized carbons (Fsp3) is 0.0741. The smallest absolute Gasteiger partial charge is 0.262 e. The molecule has 0 radical (unpaired) electrons. The number of carbonyl (C=O) groups is 1. The highest BCUT2D eigenvalue weighted by atomic mass is 35.5. The Bertz CT molecular complexity index is 1440. The summed E-state index contributed by atoms with van der Waals surface area (Å²) in [6.45, 7) is 1.47.